The van der Waals surface area contributed by atoms with Gasteiger partial charge >= 0.3 is 0 Å². The van der Waals surface area contributed by atoms with Gasteiger partial charge in [0.25, 0.3) is 0 Å². The maximum absolute atomic E-state index is 10.4. The molecule has 0 radical (unpaired) electrons. The Labute approximate surface area is 127 Å². The van der Waals surface area contributed by atoms with E-state index in [2.05, 4.69) is 13.8 Å². The van der Waals surface area contributed by atoms with Gasteiger partial charge in [-0.25, -0.2) is 0 Å². The predicted octanol–water partition coefficient (Wildman–Crippen LogP) is 5.03. The van der Waals surface area contributed by atoms with Crippen LogP contribution in [-0.4, -0.2) is 10.7 Å². The molecule has 114 valence electrons. The van der Waals surface area contributed by atoms with Crippen LogP contribution in [0.3, 0.4) is 0 Å². The normalized spacial score (nSPS) is 32.7. The van der Waals surface area contributed by atoms with E-state index in [9.17, 15) is 5.11 Å². The lowest BCUT2D eigenvalue weighted by Gasteiger charge is -2.38. The highest BCUT2D eigenvalue weighted by Crippen LogP contribution is 2.60. The highest BCUT2D eigenvalue weighted by molar-refractivity contribution is 5.60. The Hall–Kier alpha value is -1.18. The van der Waals surface area contributed by atoms with Gasteiger partial charge in [-0.2, -0.15) is 0 Å². The van der Waals surface area contributed by atoms with Crippen molar-refractivity contribution in [2.24, 2.45) is 0 Å². The second-order valence-corrected chi connectivity index (χ2v) is 7.57. The molecular formula is C19H26O2. The maximum Gasteiger partial charge on any atom is 0.127 e. The molecule has 3 atom stereocenters. The van der Waals surface area contributed by atoms with Crippen molar-refractivity contribution in [2.75, 3.05) is 0 Å². The van der Waals surface area contributed by atoms with Gasteiger partial charge in [0.2, 0.25) is 0 Å². The number of aromatic hydroxyl groups is 1. The van der Waals surface area contributed by atoms with E-state index >= 15 is 0 Å². The molecule has 1 heterocycles. The molecule has 21 heavy (non-hydrogen) atoms. The Bertz CT molecular complexity index is 577. The zero-order chi connectivity index (χ0) is 14.6. The Morgan fingerprint density at radius 3 is 2.81 bits per heavy atom. The fraction of sp³-hybridized carbons (Fsp3) is 0.684. The van der Waals surface area contributed by atoms with E-state index in [0.717, 1.165) is 25.0 Å². The molecule has 1 N–H and O–H groups in total. The molecule has 2 heteroatoms. The van der Waals surface area contributed by atoms with E-state index in [4.69, 9.17) is 4.74 Å². The molecule has 2 nitrogen and oxygen atoms in total. The van der Waals surface area contributed by atoms with Gasteiger partial charge in [0.1, 0.15) is 17.1 Å². The minimum atomic E-state index is -0.00438. The molecule has 1 fully saturated rings. The molecule has 0 aromatic heterocycles. The largest absolute Gasteiger partial charge is 0.508 e. The van der Waals surface area contributed by atoms with Crippen LogP contribution >= 0.6 is 0 Å². The monoisotopic (exact) mass is 286 g/mol. The van der Waals surface area contributed by atoms with Crippen LogP contribution in [-0.2, 0) is 6.42 Å². The van der Waals surface area contributed by atoms with Crippen molar-refractivity contribution in [2.45, 2.75) is 82.7 Å². The van der Waals surface area contributed by atoms with Gasteiger partial charge in [-0.1, -0.05) is 13.3 Å². The summed E-state index contributed by atoms with van der Waals surface area (Å²) < 4.78 is 6.56. The van der Waals surface area contributed by atoms with Crippen LogP contribution in [0.4, 0.5) is 0 Å². The second-order valence-electron chi connectivity index (χ2n) is 7.57. The molecule has 0 unspecified atom stereocenters. The Kier molecular flexibility index (Phi) is 2.99. The van der Waals surface area contributed by atoms with Crippen LogP contribution in [0.1, 0.15) is 87.3 Å². The van der Waals surface area contributed by atoms with Crippen LogP contribution in [0, 0.1) is 0 Å². The lowest BCUT2D eigenvalue weighted by molar-refractivity contribution is 0.0522. The smallest absolute Gasteiger partial charge is 0.127 e. The van der Waals surface area contributed by atoms with Crippen LogP contribution in [0.2, 0.25) is 0 Å². The van der Waals surface area contributed by atoms with Crippen molar-refractivity contribution in [3.63, 3.8) is 0 Å². The van der Waals surface area contributed by atoms with E-state index in [1.54, 1.807) is 0 Å². The van der Waals surface area contributed by atoms with Gasteiger partial charge in [0.05, 0.1) is 0 Å². The summed E-state index contributed by atoms with van der Waals surface area (Å²) in [5.41, 5.74) is 3.84. The number of unbranched alkanes of at least 4 members (excludes halogenated alkanes) is 1. The summed E-state index contributed by atoms with van der Waals surface area (Å²) in [7, 11) is 0. The lowest BCUT2D eigenvalue weighted by atomic mass is 9.83. The van der Waals surface area contributed by atoms with E-state index < -0.39 is 0 Å². The molecule has 0 spiro atoms. The second kappa shape index (κ2) is 4.66. The Morgan fingerprint density at radius 1 is 1.29 bits per heavy atom. The third-order valence-electron chi connectivity index (χ3n) is 5.99. The van der Waals surface area contributed by atoms with Crippen molar-refractivity contribution >= 4 is 0 Å². The van der Waals surface area contributed by atoms with Gasteiger partial charge in [-0.3, -0.25) is 0 Å². The molecule has 3 aliphatic rings. The zero-order valence-electron chi connectivity index (χ0n) is 13.2. The number of hydrogen-bond acceptors (Lipinski definition) is 2. The number of ether oxygens (including phenoxy) is 1. The first kappa shape index (κ1) is 13.5. The van der Waals surface area contributed by atoms with Crippen molar-refractivity contribution in [1.82, 2.24) is 0 Å². The van der Waals surface area contributed by atoms with Crippen molar-refractivity contribution in [3.8, 4) is 11.5 Å². The Morgan fingerprint density at radius 2 is 2.05 bits per heavy atom. The molecule has 2 bridgehead atoms. The maximum atomic E-state index is 10.4. The fourth-order valence-electron chi connectivity index (χ4n) is 4.81. The molecule has 0 amide bonds. The molecule has 1 aliphatic heterocycles. The summed E-state index contributed by atoms with van der Waals surface area (Å²) in [5.74, 6) is 2.92. The van der Waals surface area contributed by atoms with E-state index in [1.807, 2.05) is 6.07 Å². The van der Waals surface area contributed by atoms with E-state index in [1.165, 1.54) is 48.8 Å². The van der Waals surface area contributed by atoms with Gasteiger partial charge in [-0.15, -0.1) is 0 Å². The topological polar surface area (TPSA) is 29.5 Å². The highest BCUT2D eigenvalue weighted by atomic mass is 16.5. The quantitative estimate of drug-likeness (QED) is 0.844. The lowest BCUT2D eigenvalue weighted by Crippen LogP contribution is -2.37. The summed E-state index contributed by atoms with van der Waals surface area (Å²) >= 11 is 0. The Balaban J connectivity index is 1.75. The molecule has 0 saturated heterocycles. The van der Waals surface area contributed by atoms with Crippen LogP contribution < -0.4 is 4.74 Å². The first-order valence-electron chi connectivity index (χ1n) is 8.69. The van der Waals surface area contributed by atoms with Gasteiger partial charge in [-0.05, 0) is 75.3 Å². The third kappa shape index (κ3) is 1.98. The SMILES string of the molecule is CCCC[C@]1(C)CCc2cc(O)c3c(c2O1)[C@@H]1CC[C@H]3C1. The molecular weight excluding hydrogens is 260 g/mol. The molecule has 2 aliphatic carbocycles. The first-order valence-corrected chi connectivity index (χ1v) is 8.69. The van der Waals surface area contributed by atoms with Gasteiger partial charge in [0.15, 0.2) is 0 Å². The van der Waals surface area contributed by atoms with Crippen LogP contribution in [0.15, 0.2) is 6.07 Å². The minimum absolute atomic E-state index is 0.00438. The number of hydrogen-bond donors (Lipinski definition) is 1. The third-order valence-corrected chi connectivity index (χ3v) is 5.99. The number of aryl methyl sites for hydroxylation is 1. The molecule has 1 aromatic carbocycles. The van der Waals surface area contributed by atoms with Crippen LogP contribution in [0.5, 0.6) is 11.5 Å². The number of rotatable bonds is 3. The standard InChI is InChI=1S/C19H26O2/c1-3-4-8-19(2)9-7-14-11-15(20)16-12-5-6-13(10-12)17(16)18(14)21-19/h11-13,20H,3-10H2,1-2H3/t12-,13+,19+/m0/s1. The molecule has 1 aromatic rings. The zero-order valence-corrected chi connectivity index (χ0v) is 13.2. The fourth-order valence-corrected chi connectivity index (χ4v) is 4.81. The average Bonchev–Trinajstić information content (AvgIpc) is 3.08. The first-order chi connectivity index (χ1) is 10.1. The van der Waals surface area contributed by atoms with Gasteiger partial charge in [0, 0.05) is 11.1 Å². The summed E-state index contributed by atoms with van der Waals surface area (Å²) in [5, 5.41) is 10.4. The average molecular weight is 286 g/mol. The minimum Gasteiger partial charge on any atom is -0.508 e. The molecule has 1 saturated carbocycles. The highest BCUT2D eigenvalue weighted by Gasteiger charge is 2.44. The molecule has 4 rings (SSSR count). The van der Waals surface area contributed by atoms with Crippen molar-refractivity contribution in [3.05, 3.63) is 22.8 Å². The van der Waals surface area contributed by atoms with Crippen LogP contribution in [0.25, 0.3) is 0 Å². The number of benzene rings is 1. The number of fused-ring (bicyclic) bond motifs is 7. The van der Waals surface area contributed by atoms with E-state index in [0.29, 0.717) is 17.6 Å². The summed E-state index contributed by atoms with van der Waals surface area (Å²) in [6, 6.07) is 1.99. The predicted molar refractivity (Wildman–Crippen MR) is 84.3 cm³/mol. The summed E-state index contributed by atoms with van der Waals surface area (Å²) in [4.78, 5) is 0. The summed E-state index contributed by atoms with van der Waals surface area (Å²) in [6.07, 6.45) is 9.49. The summed E-state index contributed by atoms with van der Waals surface area (Å²) in [6.45, 7) is 4.52. The number of phenolic OH excluding ortho intramolecular Hbond substituents is 1. The van der Waals surface area contributed by atoms with Crippen molar-refractivity contribution < 1.29 is 9.84 Å². The van der Waals surface area contributed by atoms with E-state index in [-0.39, 0.29) is 5.60 Å². The van der Waals surface area contributed by atoms with Gasteiger partial charge < -0.3 is 9.84 Å². The van der Waals surface area contributed by atoms with Crippen molar-refractivity contribution in [1.29, 1.82) is 0 Å². The number of phenols is 1.